The molecule has 86 valence electrons. The van der Waals surface area contributed by atoms with E-state index in [1.54, 1.807) is 0 Å². The highest BCUT2D eigenvalue weighted by molar-refractivity contribution is 6.18. The second kappa shape index (κ2) is 5.32. The van der Waals surface area contributed by atoms with E-state index < -0.39 is 23.0 Å². The van der Waals surface area contributed by atoms with Crippen LogP contribution >= 0.6 is 11.6 Å². The Bertz CT molecular complexity index is 469. The van der Waals surface area contributed by atoms with Gasteiger partial charge in [0.1, 0.15) is 11.3 Å². The molecule has 1 amide bonds. The molecule has 0 radical (unpaired) electrons. The summed E-state index contributed by atoms with van der Waals surface area (Å²) in [6.45, 7) is 0.267. The number of aromatic carboxylic acids is 1. The highest BCUT2D eigenvalue weighted by Crippen LogP contribution is 1.95. The molecule has 6 nitrogen and oxygen atoms in total. The number of aromatic amines is 1. The van der Waals surface area contributed by atoms with Crippen molar-refractivity contribution in [1.82, 2.24) is 10.3 Å². The van der Waals surface area contributed by atoms with Gasteiger partial charge >= 0.3 is 5.97 Å². The van der Waals surface area contributed by atoms with Crippen LogP contribution in [-0.4, -0.2) is 34.4 Å². The van der Waals surface area contributed by atoms with E-state index in [1.165, 1.54) is 6.07 Å². The first-order valence-electron chi connectivity index (χ1n) is 4.37. The van der Waals surface area contributed by atoms with Gasteiger partial charge < -0.3 is 15.4 Å². The predicted molar refractivity (Wildman–Crippen MR) is 57.1 cm³/mol. The molecular weight excluding hydrogens is 236 g/mol. The van der Waals surface area contributed by atoms with Crippen LogP contribution in [0.4, 0.5) is 0 Å². The third-order valence-electron chi connectivity index (χ3n) is 1.76. The average molecular weight is 245 g/mol. The molecule has 0 aliphatic heterocycles. The zero-order chi connectivity index (χ0) is 12.1. The molecule has 0 saturated heterocycles. The fraction of sp³-hybridized carbons (Fsp3) is 0.222. The summed E-state index contributed by atoms with van der Waals surface area (Å²) >= 11 is 5.37. The Kier molecular flexibility index (Phi) is 4.07. The summed E-state index contributed by atoms with van der Waals surface area (Å²) in [5.74, 6) is -1.59. The summed E-state index contributed by atoms with van der Waals surface area (Å²) in [6, 6.07) is 2.31. The van der Waals surface area contributed by atoms with Crippen LogP contribution in [0, 0.1) is 0 Å². The summed E-state index contributed by atoms with van der Waals surface area (Å²) in [5.41, 5.74) is -1.22. The molecule has 0 atom stereocenters. The molecule has 0 spiro atoms. The van der Waals surface area contributed by atoms with Crippen molar-refractivity contribution in [3.8, 4) is 0 Å². The molecular formula is C9H9ClN2O4. The van der Waals surface area contributed by atoms with E-state index in [9.17, 15) is 14.4 Å². The lowest BCUT2D eigenvalue weighted by Gasteiger charge is -2.02. The second-order valence-electron chi connectivity index (χ2n) is 2.86. The summed E-state index contributed by atoms with van der Waals surface area (Å²) in [5, 5.41) is 11.0. The number of hydrogen-bond acceptors (Lipinski definition) is 3. The van der Waals surface area contributed by atoms with Gasteiger partial charge in [-0.2, -0.15) is 0 Å². The highest BCUT2D eigenvalue weighted by atomic mass is 35.5. The van der Waals surface area contributed by atoms with Crippen LogP contribution in [0.15, 0.2) is 16.9 Å². The van der Waals surface area contributed by atoms with Crippen molar-refractivity contribution in [2.75, 3.05) is 12.4 Å². The zero-order valence-corrected chi connectivity index (χ0v) is 8.87. The number of carbonyl (C=O) groups is 2. The summed E-state index contributed by atoms with van der Waals surface area (Å²) in [4.78, 5) is 35.3. The molecule has 1 aromatic rings. The third-order valence-corrected chi connectivity index (χ3v) is 1.95. The molecule has 16 heavy (non-hydrogen) atoms. The summed E-state index contributed by atoms with van der Waals surface area (Å²) in [7, 11) is 0. The number of carbonyl (C=O) groups excluding carboxylic acids is 1. The fourth-order valence-corrected chi connectivity index (χ4v) is 1.13. The van der Waals surface area contributed by atoms with Crippen LogP contribution in [-0.2, 0) is 0 Å². The smallest absolute Gasteiger partial charge is 0.341 e. The molecule has 0 aromatic carbocycles. The normalized spacial score (nSPS) is 9.81. The monoisotopic (exact) mass is 244 g/mol. The van der Waals surface area contributed by atoms with Gasteiger partial charge in [0.05, 0.1) is 0 Å². The van der Waals surface area contributed by atoms with E-state index in [-0.39, 0.29) is 18.1 Å². The number of carboxylic acid groups (broad SMARTS) is 1. The molecule has 3 N–H and O–H groups in total. The van der Waals surface area contributed by atoms with E-state index in [1.807, 2.05) is 0 Å². The number of halogens is 1. The van der Waals surface area contributed by atoms with Gasteiger partial charge in [0, 0.05) is 12.4 Å². The Morgan fingerprint density at radius 3 is 2.62 bits per heavy atom. The van der Waals surface area contributed by atoms with Crippen LogP contribution in [0.1, 0.15) is 20.8 Å². The van der Waals surface area contributed by atoms with Crippen LogP contribution in [0.3, 0.4) is 0 Å². The first-order valence-corrected chi connectivity index (χ1v) is 4.90. The van der Waals surface area contributed by atoms with Gasteiger partial charge in [-0.05, 0) is 12.1 Å². The molecule has 0 bridgehead atoms. The first-order chi connectivity index (χ1) is 7.56. The Labute approximate surface area is 95.2 Å². The van der Waals surface area contributed by atoms with Crippen LogP contribution < -0.4 is 10.9 Å². The van der Waals surface area contributed by atoms with Gasteiger partial charge in [-0.25, -0.2) is 4.79 Å². The van der Waals surface area contributed by atoms with Gasteiger partial charge in [0.2, 0.25) is 0 Å². The van der Waals surface area contributed by atoms with Crippen molar-refractivity contribution in [2.45, 2.75) is 0 Å². The number of pyridine rings is 1. The van der Waals surface area contributed by atoms with Gasteiger partial charge in [-0.1, -0.05) is 0 Å². The Morgan fingerprint density at radius 1 is 1.44 bits per heavy atom. The van der Waals surface area contributed by atoms with Gasteiger partial charge in [0.15, 0.2) is 0 Å². The Morgan fingerprint density at radius 2 is 2.12 bits per heavy atom. The van der Waals surface area contributed by atoms with Crippen LogP contribution in [0.2, 0.25) is 0 Å². The maximum atomic E-state index is 11.3. The lowest BCUT2D eigenvalue weighted by atomic mass is 10.2. The quantitative estimate of drug-likeness (QED) is 0.651. The van der Waals surface area contributed by atoms with E-state index in [4.69, 9.17) is 16.7 Å². The Hall–Kier alpha value is -1.82. The van der Waals surface area contributed by atoms with E-state index in [0.29, 0.717) is 0 Å². The Balaban J connectivity index is 2.93. The van der Waals surface area contributed by atoms with Crippen molar-refractivity contribution in [1.29, 1.82) is 0 Å². The van der Waals surface area contributed by atoms with Crippen LogP contribution in [0.25, 0.3) is 0 Å². The largest absolute Gasteiger partial charge is 0.477 e. The maximum Gasteiger partial charge on any atom is 0.341 e. The zero-order valence-electron chi connectivity index (χ0n) is 8.12. The number of hydrogen-bond donors (Lipinski definition) is 3. The molecule has 1 aromatic heterocycles. The minimum absolute atomic E-state index is 0.000108. The second-order valence-corrected chi connectivity index (χ2v) is 3.24. The van der Waals surface area contributed by atoms with Crippen molar-refractivity contribution < 1.29 is 14.7 Å². The number of rotatable bonds is 4. The van der Waals surface area contributed by atoms with Crippen molar-refractivity contribution in [3.05, 3.63) is 33.7 Å². The first kappa shape index (κ1) is 12.3. The fourth-order valence-electron chi connectivity index (χ4n) is 1.03. The molecule has 0 aliphatic rings. The average Bonchev–Trinajstić information content (AvgIpc) is 2.25. The lowest BCUT2D eigenvalue weighted by molar-refractivity contribution is 0.0694. The minimum atomic E-state index is -1.34. The molecule has 0 fully saturated rings. The predicted octanol–water partition coefficient (Wildman–Crippen LogP) is 0.0417. The molecule has 0 saturated carbocycles. The molecule has 1 heterocycles. The number of H-pyrrole nitrogens is 1. The standard InChI is InChI=1S/C9H9ClN2O4/c10-3-4-11-8(14)6-2-1-5(9(15)16)7(13)12-6/h1-2H,3-4H2,(H,11,14)(H,12,13)(H,15,16). The number of nitrogens with one attached hydrogen (secondary N) is 2. The number of carboxylic acids is 1. The number of aromatic nitrogens is 1. The highest BCUT2D eigenvalue weighted by Gasteiger charge is 2.11. The topological polar surface area (TPSA) is 99.3 Å². The van der Waals surface area contributed by atoms with Crippen LogP contribution in [0.5, 0.6) is 0 Å². The third kappa shape index (κ3) is 2.83. The SMILES string of the molecule is O=C(NCCCl)c1ccc(C(=O)O)c(=O)[nH]1. The molecule has 7 heteroatoms. The molecule has 0 aliphatic carbocycles. The summed E-state index contributed by atoms with van der Waals surface area (Å²) in [6.07, 6.45) is 0. The van der Waals surface area contributed by atoms with E-state index >= 15 is 0 Å². The van der Waals surface area contributed by atoms with Gasteiger partial charge in [-0.15, -0.1) is 11.6 Å². The van der Waals surface area contributed by atoms with Crippen molar-refractivity contribution in [2.24, 2.45) is 0 Å². The van der Waals surface area contributed by atoms with Crippen molar-refractivity contribution in [3.63, 3.8) is 0 Å². The van der Waals surface area contributed by atoms with Crippen molar-refractivity contribution >= 4 is 23.5 Å². The van der Waals surface area contributed by atoms with E-state index in [2.05, 4.69) is 10.3 Å². The number of alkyl halides is 1. The van der Waals surface area contributed by atoms with Gasteiger partial charge in [0.25, 0.3) is 11.5 Å². The maximum absolute atomic E-state index is 11.3. The minimum Gasteiger partial charge on any atom is -0.477 e. The van der Waals surface area contributed by atoms with Gasteiger partial charge in [-0.3, -0.25) is 9.59 Å². The lowest BCUT2D eigenvalue weighted by Crippen LogP contribution is -2.29. The van der Waals surface area contributed by atoms with E-state index in [0.717, 1.165) is 6.07 Å². The summed E-state index contributed by atoms with van der Waals surface area (Å²) < 4.78 is 0. The molecule has 1 rings (SSSR count). The number of amides is 1. The molecule has 0 unspecified atom stereocenters.